The first-order valence-electron chi connectivity index (χ1n) is 5.48. The van der Waals surface area contributed by atoms with E-state index in [9.17, 15) is 4.79 Å². The van der Waals surface area contributed by atoms with Crippen LogP contribution in [0.15, 0.2) is 16.6 Å². The Kier molecular flexibility index (Phi) is 3.69. The number of hydrogen-bond donors (Lipinski definition) is 2. The van der Waals surface area contributed by atoms with E-state index in [2.05, 4.69) is 21.2 Å². The molecule has 0 fully saturated rings. The summed E-state index contributed by atoms with van der Waals surface area (Å²) in [6.45, 7) is 2.82. The molecule has 5 heteroatoms. The lowest BCUT2D eigenvalue weighted by atomic mass is 10.1. The van der Waals surface area contributed by atoms with Crippen LogP contribution in [-0.4, -0.2) is 23.7 Å². The molecule has 0 radical (unpaired) electrons. The molecule has 1 heterocycles. The number of nitrogens with one attached hydrogen (secondary N) is 1. The molecule has 1 aromatic carbocycles. The summed E-state index contributed by atoms with van der Waals surface area (Å²) in [7, 11) is 0. The fraction of sp³-hybridized carbons (Fsp3) is 0.417. The minimum atomic E-state index is -0.849. The second-order valence-electron chi connectivity index (χ2n) is 4.09. The number of rotatable bonds is 4. The number of fused-ring (bicyclic) bond motifs is 1. The summed E-state index contributed by atoms with van der Waals surface area (Å²) in [5.74, 6) is 0.0517. The van der Waals surface area contributed by atoms with Crippen molar-refractivity contribution in [2.45, 2.75) is 25.9 Å². The Balaban J connectivity index is 2.13. The third kappa shape index (κ3) is 2.79. The highest BCUT2D eigenvalue weighted by Crippen LogP contribution is 2.32. The molecule has 17 heavy (non-hydrogen) atoms. The van der Waals surface area contributed by atoms with E-state index in [0.29, 0.717) is 13.2 Å². The Morgan fingerprint density at radius 3 is 3.12 bits per heavy atom. The SMILES string of the molecule is C[C@H](NCc1cc(Br)cc2c1OCC2)C(=O)O. The minimum absolute atomic E-state index is 0.495. The van der Waals surface area contributed by atoms with Crippen LogP contribution in [0.25, 0.3) is 0 Å². The van der Waals surface area contributed by atoms with Crippen LogP contribution in [0.5, 0.6) is 5.75 Å². The average molecular weight is 300 g/mol. The fourth-order valence-corrected chi connectivity index (χ4v) is 2.38. The van der Waals surface area contributed by atoms with E-state index in [4.69, 9.17) is 9.84 Å². The van der Waals surface area contributed by atoms with Crippen LogP contribution in [-0.2, 0) is 17.8 Å². The Labute approximate surface area is 108 Å². The van der Waals surface area contributed by atoms with Crippen LogP contribution in [0.2, 0.25) is 0 Å². The molecule has 1 aliphatic heterocycles. The first-order valence-corrected chi connectivity index (χ1v) is 6.27. The molecule has 4 nitrogen and oxygen atoms in total. The molecule has 0 unspecified atom stereocenters. The normalized spacial score (nSPS) is 15.2. The van der Waals surface area contributed by atoms with Gasteiger partial charge < -0.3 is 15.2 Å². The highest BCUT2D eigenvalue weighted by atomic mass is 79.9. The van der Waals surface area contributed by atoms with Gasteiger partial charge in [0.2, 0.25) is 0 Å². The van der Waals surface area contributed by atoms with Crippen molar-refractivity contribution in [3.8, 4) is 5.75 Å². The van der Waals surface area contributed by atoms with Gasteiger partial charge in [0.15, 0.2) is 0 Å². The molecule has 0 bridgehead atoms. The van der Waals surface area contributed by atoms with Crippen LogP contribution < -0.4 is 10.1 Å². The van der Waals surface area contributed by atoms with Crippen molar-refractivity contribution in [3.63, 3.8) is 0 Å². The van der Waals surface area contributed by atoms with Crippen LogP contribution in [0, 0.1) is 0 Å². The molecule has 0 aliphatic carbocycles. The van der Waals surface area contributed by atoms with Gasteiger partial charge in [-0.05, 0) is 24.6 Å². The molecule has 0 saturated heterocycles. The fourth-order valence-electron chi connectivity index (χ4n) is 1.83. The molecule has 2 N–H and O–H groups in total. The van der Waals surface area contributed by atoms with E-state index in [1.165, 1.54) is 5.56 Å². The van der Waals surface area contributed by atoms with Gasteiger partial charge in [-0.2, -0.15) is 0 Å². The van der Waals surface area contributed by atoms with E-state index in [1.807, 2.05) is 12.1 Å². The molecular weight excluding hydrogens is 286 g/mol. The topological polar surface area (TPSA) is 58.6 Å². The Morgan fingerprint density at radius 2 is 2.41 bits per heavy atom. The molecule has 0 saturated carbocycles. The molecular formula is C12H14BrNO3. The first-order chi connectivity index (χ1) is 8.08. The maximum absolute atomic E-state index is 10.7. The van der Waals surface area contributed by atoms with E-state index < -0.39 is 12.0 Å². The van der Waals surface area contributed by atoms with Gasteiger partial charge in [-0.3, -0.25) is 4.79 Å². The van der Waals surface area contributed by atoms with Crippen LogP contribution in [0.1, 0.15) is 18.1 Å². The van der Waals surface area contributed by atoms with Crippen molar-refractivity contribution in [1.82, 2.24) is 5.32 Å². The maximum atomic E-state index is 10.7. The zero-order valence-electron chi connectivity index (χ0n) is 9.50. The molecule has 0 spiro atoms. The van der Waals surface area contributed by atoms with Gasteiger partial charge in [0.05, 0.1) is 6.61 Å². The van der Waals surface area contributed by atoms with Crippen LogP contribution in [0.4, 0.5) is 0 Å². The van der Waals surface area contributed by atoms with Crippen molar-refractivity contribution < 1.29 is 14.6 Å². The third-order valence-corrected chi connectivity index (χ3v) is 3.25. The third-order valence-electron chi connectivity index (χ3n) is 2.79. The second-order valence-corrected chi connectivity index (χ2v) is 5.01. The molecule has 2 rings (SSSR count). The number of halogens is 1. The van der Waals surface area contributed by atoms with Crippen molar-refractivity contribution in [2.75, 3.05) is 6.61 Å². The van der Waals surface area contributed by atoms with Crippen molar-refractivity contribution in [3.05, 3.63) is 27.7 Å². The molecule has 1 aromatic rings. The zero-order valence-corrected chi connectivity index (χ0v) is 11.1. The maximum Gasteiger partial charge on any atom is 0.320 e. The van der Waals surface area contributed by atoms with Gasteiger partial charge in [0.1, 0.15) is 11.8 Å². The van der Waals surface area contributed by atoms with Gasteiger partial charge in [-0.25, -0.2) is 0 Å². The van der Waals surface area contributed by atoms with Crippen molar-refractivity contribution in [1.29, 1.82) is 0 Å². The lowest BCUT2D eigenvalue weighted by molar-refractivity contribution is -0.139. The standard InChI is InChI=1S/C12H14BrNO3/c1-7(12(15)16)14-6-9-5-10(13)4-8-2-3-17-11(8)9/h4-5,7,14H,2-3,6H2,1H3,(H,15,16)/t7-/m0/s1. The quantitative estimate of drug-likeness (QED) is 0.892. The number of aliphatic carboxylic acids is 1. The monoisotopic (exact) mass is 299 g/mol. The second kappa shape index (κ2) is 5.06. The summed E-state index contributed by atoms with van der Waals surface area (Å²) in [4.78, 5) is 10.7. The smallest absolute Gasteiger partial charge is 0.320 e. The molecule has 0 amide bonds. The summed E-state index contributed by atoms with van der Waals surface area (Å²) in [6.07, 6.45) is 0.913. The summed E-state index contributed by atoms with van der Waals surface area (Å²) in [5, 5.41) is 11.8. The summed E-state index contributed by atoms with van der Waals surface area (Å²) in [5.41, 5.74) is 2.18. The van der Waals surface area contributed by atoms with E-state index >= 15 is 0 Å². The predicted molar refractivity (Wildman–Crippen MR) is 67.3 cm³/mol. The number of carboxylic acids is 1. The Morgan fingerprint density at radius 1 is 1.65 bits per heavy atom. The largest absolute Gasteiger partial charge is 0.493 e. The number of benzene rings is 1. The van der Waals surface area contributed by atoms with E-state index in [1.54, 1.807) is 6.92 Å². The summed E-state index contributed by atoms with van der Waals surface area (Å²) >= 11 is 3.45. The lowest BCUT2D eigenvalue weighted by Gasteiger charge is -2.12. The summed E-state index contributed by atoms with van der Waals surface area (Å²) in [6, 6.07) is 3.45. The van der Waals surface area contributed by atoms with Gasteiger partial charge in [0, 0.05) is 23.0 Å². The number of ether oxygens (including phenoxy) is 1. The highest BCUT2D eigenvalue weighted by Gasteiger charge is 2.18. The van der Waals surface area contributed by atoms with Gasteiger partial charge in [-0.1, -0.05) is 15.9 Å². The average Bonchev–Trinajstić information content (AvgIpc) is 2.72. The van der Waals surface area contributed by atoms with Gasteiger partial charge in [-0.15, -0.1) is 0 Å². The van der Waals surface area contributed by atoms with E-state index in [-0.39, 0.29) is 0 Å². The number of carbonyl (C=O) groups is 1. The van der Waals surface area contributed by atoms with Crippen molar-refractivity contribution in [2.24, 2.45) is 0 Å². The highest BCUT2D eigenvalue weighted by molar-refractivity contribution is 9.10. The predicted octanol–water partition coefficient (Wildman–Crippen LogP) is 1.95. The van der Waals surface area contributed by atoms with Gasteiger partial charge >= 0.3 is 5.97 Å². The van der Waals surface area contributed by atoms with Gasteiger partial charge in [0.25, 0.3) is 0 Å². The first kappa shape index (κ1) is 12.4. The molecule has 92 valence electrons. The van der Waals surface area contributed by atoms with Crippen molar-refractivity contribution >= 4 is 21.9 Å². The molecule has 1 atom stereocenters. The molecule has 1 aliphatic rings. The van der Waals surface area contributed by atoms with Crippen LogP contribution in [0.3, 0.4) is 0 Å². The summed E-state index contributed by atoms with van der Waals surface area (Å²) < 4.78 is 6.57. The lowest BCUT2D eigenvalue weighted by Crippen LogP contribution is -2.33. The molecule has 0 aromatic heterocycles. The van der Waals surface area contributed by atoms with Crippen LogP contribution >= 0.6 is 15.9 Å². The zero-order chi connectivity index (χ0) is 12.4. The minimum Gasteiger partial charge on any atom is -0.493 e. The van der Waals surface area contributed by atoms with E-state index in [0.717, 1.165) is 22.2 Å². The number of hydrogen-bond acceptors (Lipinski definition) is 3. The Hall–Kier alpha value is -1.07. The Bertz CT molecular complexity index is 448. The number of carboxylic acid groups (broad SMARTS) is 1.